The molecule has 0 radical (unpaired) electrons. The number of hydrogen-bond donors (Lipinski definition) is 0. The monoisotopic (exact) mass is 344 g/mol. The quantitative estimate of drug-likeness (QED) is 0.397. The van der Waals surface area contributed by atoms with Crippen LogP contribution in [0, 0.1) is 5.82 Å². The third-order valence-corrected chi connectivity index (χ3v) is 4.70. The molecule has 0 amide bonds. The van der Waals surface area contributed by atoms with Gasteiger partial charge in [-0.3, -0.25) is 0 Å². The summed E-state index contributed by atoms with van der Waals surface area (Å²) in [5, 5.41) is 0. The minimum absolute atomic E-state index is 0.179. The van der Waals surface area contributed by atoms with Gasteiger partial charge in [0.25, 0.3) is 0 Å². The van der Waals surface area contributed by atoms with Gasteiger partial charge in [-0.15, -0.1) is 6.58 Å². The van der Waals surface area contributed by atoms with Crippen LogP contribution in [0.4, 0.5) is 4.39 Å². The van der Waals surface area contributed by atoms with Crippen molar-refractivity contribution in [3.05, 3.63) is 96.3 Å². The molecule has 0 aliphatic rings. The lowest BCUT2D eigenvalue weighted by molar-refractivity contribution is 0.632. The molecule has 1 heteroatoms. The van der Waals surface area contributed by atoms with E-state index in [1.54, 1.807) is 6.07 Å². The zero-order valence-corrected chi connectivity index (χ0v) is 15.3. The van der Waals surface area contributed by atoms with Gasteiger partial charge in [-0.25, -0.2) is 4.39 Å². The molecular weight excluding hydrogens is 319 g/mol. The smallest absolute Gasteiger partial charge is 0.131 e. The molecule has 0 spiro atoms. The van der Waals surface area contributed by atoms with E-state index < -0.39 is 0 Å². The van der Waals surface area contributed by atoms with Gasteiger partial charge in [0.05, 0.1) is 0 Å². The van der Waals surface area contributed by atoms with Gasteiger partial charge in [-0.05, 0) is 53.1 Å². The van der Waals surface area contributed by atoms with Gasteiger partial charge >= 0.3 is 0 Å². The van der Waals surface area contributed by atoms with Gasteiger partial charge in [-0.1, -0.05) is 80.1 Å². The fraction of sp³-hybridized carbons (Fsp3) is 0.200. The van der Waals surface area contributed by atoms with Gasteiger partial charge < -0.3 is 0 Å². The molecule has 0 nitrogen and oxygen atoms in total. The van der Waals surface area contributed by atoms with Gasteiger partial charge in [0.2, 0.25) is 0 Å². The molecule has 132 valence electrons. The maximum absolute atomic E-state index is 14.7. The molecule has 3 rings (SSSR count). The first-order valence-corrected chi connectivity index (χ1v) is 9.30. The molecule has 0 N–H and O–H groups in total. The molecule has 0 atom stereocenters. The van der Waals surface area contributed by atoms with Crippen molar-refractivity contribution in [3.63, 3.8) is 0 Å². The van der Waals surface area contributed by atoms with Crippen molar-refractivity contribution in [1.82, 2.24) is 0 Å². The highest BCUT2D eigenvalue weighted by molar-refractivity contribution is 5.71. The third kappa shape index (κ3) is 4.29. The first kappa shape index (κ1) is 18.1. The van der Waals surface area contributed by atoms with Gasteiger partial charge in [0, 0.05) is 5.56 Å². The van der Waals surface area contributed by atoms with E-state index >= 15 is 0 Å². The van der Waals surface area contributed by atoms with E-state index in [1.807, 2.05) is 30.3 Å². The lowest BCUT2D eigenvalue weighted by Crippen LogP contribution is -1.89. The van der Waals surface area contributed by atoms with Crippen LogP contribution >= 0.6 is 0 Å². The van der Waals surface area contributed by atoms with Crippen LogP contribution in [-0.4, -0.2) is 0 Å². The second kappa shape index (κ2) is 8.62. The summed E-state index contributed by atoms with van der Waals surface area (Å²) >= 11 is 0. The van der Waals surface area contributed by atoms with Crippen molar-refractivity contribution in [3.8, 4) is 22.3 Å². The first-order chi connectivity index (χ1) is 12.7. The Kier molecular flexibility index (Phi) is 6.01. The predicted octanol–water partition coefficient (Wildman–Crippen LogP) is 7.23. The maximum atomic E-state index is 14.7. The largest absolute Gasteiger partial charge is 0.206 e. The Bertz CT molecular complexity index is 858. The number of hydrogen-bond acceptors (Lipinski definition) is 0. The second-order valence-corrected chi connectivity index (χ2v) is 6.67. The highest BCUT2D eigenvalue weighted by atomic mass is 19.1. The standard InChI is InChI=1S/C25H25F/c1-3-5-7-20-8-12-21(13-9-20)23-16-17-24(25(26)18-23)22-14-10-19(6-4-2)11-15-22/h3,8-18H,1,4-7H2,2H3. The molecule has 0 fully saturated rings. The van der Waals surface area contributed by atoms with Crippen molar-refractivity contribution in [2.24, 2.45) is 0 Å². The number of allylic oxidation sites excluding steroid dienone is 1. The minimum Gasteiger partial charge on any atom is -0.206 e. The molecule has 0 bridgehead atoms. The molecule has 0 unspecified atom stereocenters. The SMILES string of the molecule is C=CCCc1ccc(-c2ccc(-c3ccc(CCC)cc3)c(F)c2)cc1. The van der Waals surface area contributed by atoms with Crippen LogP contribution in [0.3, 0.4) is 0 Å². The van der Waals surface area contributed by atoms with Crippen molar-refractivity contribution in [1.29, 1.82) is 0 Å². The van der Waals surface area contributed by atoms with Crippen LogP contribution in [0.1, 0.15) is 30.9 Å². The van der Waals surface area contributed by atoms with Gasteiger partial charge in [0.1, 0.15) is 5.82 Å². The highest BCUT2D eigenvalue weighted by Crippen LogP contribution is 2.28. The van der Waals surface area contributed by atoms with E-state index in [0.29, 0.717) is 5.56 Å². The zero-order chi connectivity index (χ0) is 18.4. The molecule has 26 heavy (non-hydrogen) atoms. The van der Waals surface area contributed by atoms with E-state index in [4.69, 9.17) is 0 Å². The van der Waals surface area contributed by atoms with E-state index in [2.05, 4.69) is 49.9 Å². The van der Waals surface area contributed by atoms with E-state index in [0.717, 1.165) is 42.4 Å². The summed E-state index contributed by atoms with van der Waals surface area (Å²) < 4.78 is 14.7. The zero-order valence-electron chi connectivity index (χ0n) is 15.3. The van der Waals surface area contributed by atoms with Crippen LogP contribution in [0.25, 0.3) is 22.3 Å². The van der Waals surface area contributed by atoms with Crippen molar-refractivity contribution in [2.45, 2.75) is 32.6 Å². The van der Waals surface area contributed by atoms with Gasteiger partial charge in [-0.2, -0.15) is 0 Å². The fourth-order valence-electron chi connectivity index (χ4n) is 3.20. The van der Waals surface area contributed by atoms with Crippen molar-refractivity contribution >= 4 is 0 Å². The first-order valence-electron chi connectivity index (χ1n) is 9.30. The Morgan fingerprint density at radius 1 is 0.769 bits per heavy atom. The second-order valence-electron chi connectivity index (χ2n) is 6.67. The van der Waals surface area contributed by atoms with Crippen molar-refractivity contribution in [2.75, 3.05) is 0 Å². The predicted molar refractivity (Wildman–Crippen MR) is 110 cm³/mol. The fourth-order valence-corrected chi connectivity index (χ4v) is 3.20. The lowest BCUT2D eigenvalue weighted by Gasteiger charge is -2.09. The van der Waals surface area contributed by atoms with E-state index in [1.165, 1.54) is 11.1 Å². The maximum Gasteiger partial charge on any atom is 0.131 e. The number of halogens is 1. The summed E-state index contributed by atoms with van der Waals surface area (Å²) in [5.74, 6) is -0.179. The molecule has 0 saturated carbocycles. The Hall–Kier alpha value is -2.67. The van der Waals surface area contributed by atoms with E-state index in [-0.39, 0.29) is 5.82 Å². The Balaban J connectivity index is 1.81. The summed E-state index contributed by atoms with van der Waals surface area (Å²) in [5.41, 5.74) is 6.09. The number of benzene rings is 3. The summed E-state index contributed by atoms with van der Waals surface area (Å²) in [6.07, 6.45) is 6.07. The normalized spacial score (nSPS) is 10.7. The Morgan fingerprint density at radius 2 is 1.35 bits per heavy atom. The number of rotatable bonds is 7. The molecule has 3 aromatic carbocycles. The van der Waals surface area contributed by atoms with Crippen LogP contribution in [0.5, 0.6) is 0 Å². The molecule has 0 saturated heterocycles. The van der Waals surface area contributed by atoms with Crippen LogP contribution in [0.2, 0.25) is 0 Å². The summed E-state index contributed by atoms with van der Waals surface area (Å²) in [7, 11) is 0. The van der Waals surface area contributed by atoms with Gasteiger partial charge in [0.15, 0.2) is 0 Å². The average Bonchev–Trinajstić information content (AvgIpc) is 2.68. The van der Waals surface area contributed by atoms with Crippen LogP contribution in [-0.2, 0) is 12.8 Å². The molecular formula is C25H25F. The topological polar surface area (TPSA) is 0 Å². The molecule has 0 aliphatic carbocycles. The highest BCUT2D eigenvalue weighted by Gasteiger charge is 2.08. The summed E-state index contributed by atoms with van der Waals surface area (Å²) in [6.45, 7) is 5.92. The summed E-state index contributed by atoms with van der Waals surface area (Å²) in [4.78, 5) is 0. The molecule has 3 aromatic rings. The Labute approximate surface area is 156 Å². The van der Waals surface area contributed by atoms with Crippen LogP contribution < -0.4 is 0 Å². The molecule has 0 aliphatic heterocycles. The minimum atomic E-state index is -0.179. The summed E-state index contributed by atoms with van der Waals surface area (Å²) in [6, 6.07) is 22.1. The third-order valence-electron chi connectivity index (χ3n) is 4.70. The van der Waals surface area contributed by atoms with Crippen molar-refractivity contribution < 1.29 is 4.39 Å². The van der Waals surface area contributed by atoms with E-state index in [9.17, 15) is 4.39 Å². The lowest BCUT2D eigenvalue weighted by atomic mass is 9.97. The number of aryl methyl sites for hydroxylation is 2. The molecule has 0 heterocycles. The van der Waals surface area contributed by atoms with Crippen LogP contribution in [0.15, 0.2) is 79.4 Å². The Morgan fingerprint density at radius 3 is 1.92 bits per heavy atom. The molecule has 0 aromatic heterocycles. The average molecular weight is 344 g/mol.